The average molecular weight is 470 g/mol. The lowest BCUT2D eigenvalue weighted by atomic mass is 10.1. The zero-order chi connectivity index (χ0) is 21.1. The van der Waals surface area contributed by atoms with E-state index in [-0.39, 0.29) is 5.04 Å². The van der Waals surface area contributed by atoms with Gasteiger partial charge in [0, 0.05) is 11.8 Å². The fourth-order valence-corrected chi connectivity index (χ4v) is 4.07. The predicted molar refractivity (Wildman–Crippen MR) is 126 cm³/mol. The molecule has 0 aliphatic carbocycles. The van der Waals surface area contributed by atoms with E-state index in [1.165, 1.54) is 0 Å². The van der Waals surface area contributed by atoms with Gasteiger partial charge in [0.1, 0.15) is 12.4 Å². The molecule has 3 rings (SSSR count). The van der Waals surface area contributed by atoms with Crippen LogP contribution in [0.1, 0.15) is 26.3 Å². The maximum absolute atomic E-state index is 6.37. The van der Waals surface area contributed by atoms with Crippen LogP contribution in [0.3, 0.4) is 0 Å². The number of ether oxygens (including phenoxy) is 1. The predicted octanol–water partition coefficient (Wildman–Crippen LogP) is 7.47. The van der Waals surface area contributed by atoms with Crippen molar-refractivity contribution in [3.05, 3.63) is 76.9 Å². The Morgan fingerprint density at radius 3 is 2.17 bits per heavy atom. The molecule has 152 valence electrons. The smallest absolute Gasteiger partial charge is 0.250 e. The van der Waals surface area contributed by atoms with E-state index in [4.69, 9.17) is 9.16 Å². The minimum absolute atomic E-state index is 0.177. The monoisotopic (exact) mass is 469 g/mol. The quantitative estimate of drug-likeness (QED) is 0.350. The van der Waals surface area contributed by atoms with E-state index >= 15 is 0 Å². The van der Waals surface area contributed by atoms with Gasteiger partial charge in [-0.15, -0.1) is 0 Å². The zero-order valence-corrected chi connectivity index (χ0v) is 20.3. The van der Waals surface area contributed by atoms with Crippen LogP contribution in [0.4, 0.5) is 0 Å². The maximum atomic E-state index is 6.37. The first-order valence-corrected chi connectivity index (χ1v) is 13.5. The van der Waals surface area contributed by atoms with E-state index in [0.29, 0.717) is 12.5 Å². The van der Waals surface area contributed by atoms with Gasteiger partial charge in [-0.2, -0.15) is 0 Å². The standard InChI is InChI=1S/C24H28BrNO2Si/c1-24(2,3)29(4,5)28-21-13-11-19(12-14-21)20-15-22(25)23(26-16-20)27-17-18-9-7-6-8-10-18/h6-16H,17H2,1-5H3. The van der Waals surface area contributed by atoms with E-state index in [1.54, 1.807) is 0 Å². The molecule has 0 aliphatic rings. The van der Waals surface area contributed by atoms with Gasteiger partial charge in [-0.05, 0) is 63.4 Å². The minimum atomic E-state index is -1.83. The largest absolute Gasteiger partial charge is 0.544 e. The number of hydrogen-bond acceptors (Lipinski definition) is 3. The third-order valence-electron chi connectivity index (χ3n) is 5.39. The number of rotatable bonds is 6. The first-order valence-electron chi connectivity index (χ1n) is 9.77. The van der Waals surface area contributed by atoms with Gasteiger partial charge < -0.3 is 9.16 Å². The van der Waals surface area contributed by atoms with Gasteiger partial charge >= 0.3 is 0 Å². The average Bonchev–Trinajstić information content (AvgIpc) is 2.67. The number of benzene rings is 2. The summed E-state index contributed by atoms with van der Waals surface area (Å²) in [6.45, 7) is 11.8. The number of nitrogens with zero attached hydrogens (tertiary/aromatic N) is 1. The van der Waals surface area contributed by atoms with E-state index in [1.807, 2.05) is 54.7 Å². The van der Waals surface area contributed by atoms with Crippen molar-refractivity contribution in [2.24, 2.45) is 0 Å². The fraction of sp³-hybridized carbons (Fsp3) is 0.292. The third-order valence-corrected chi connectivity index (χ3v) is 10.3. The van der Waals surface area contributed by atoms with Gasteiger partial charge in [0.25, 0.3) is 0 Å². The first-order chi connectivity index (χ1) is 13.7. The molecule has 1 heterocycles. The van der Waals surface area contributed by atoms with Crippen molar-refractivity contribution < 1.29 is 9.16 Å². The molecule has 29 heavy (non-hydrogen) atoms. The highest BCUT2D eigenvalue weighted by Crippen LogP contribution is 2.38. The van der Waals surface area contributed by atoms with E-state index in [2.05, 4.69) is 66.9 Å². The van der Waals surface area contributed by atoms with Crippen LogP contribution >= 0.6 is 15.9 Å². The van der Waals surface area contributed by atoms with Crippen LogP contribution in [0, 0.1) is 0 Å². The summed E-state index contributed by atoms with van der Waals surface area (Å²) in [5.74, 6) is 1.52. The number of hydrogen-bond donors (Lipinski definition) is 0. The molecule has 2 aromatic carbocycles. The van der Waals surface area contributed by atoms with Gasteiger partial charge in [-0.3, -0.25) is 0 Å². The van der Waals surface area contributed by atoms with Crippen molar-refractivity contribution in [2.75, 3.05) is 0 Å². The minimum Gasteiger partial charge on any atom is -0.544 e. The van der Waals surface area contributed by atoms with E-state index < -0.39 is 8.32 Å². The first kappa shape index (κ1) is 21.6. The second kappa shape index (κ2) is 8.72. The van der Waals surface area contributed by atoms with Crippen molar-refractivity contribution >= 4 is 24.2 Å². The Labute approximate surface area is 183 Å². The summed E-state index contributed by atoms with van der Waals surface area (Å²) in [6.07, 6.45) is 1.84. The van der Waals surface area contributed by atoms with Crippen LogP contribution in [0.25, 0.3) is 11.1 Å². The molecule has 0 aliphatic heterocycles. The van der Waals surface area contributed by atoms with Gasteiger partial charge in [0.15, 0.2) is 0 Å². The van der Waals surface area contributed by atoms with Gasteiger partial charge in [0.05, 0.1) is 4.47 Å². The molecular formula is C24H28BrNO2Si. The molecule has 5 heteroatoms. The van der Waals surface area contributed by atoms with Gasteiger partial charge in [-0.1, -0.05) is 63.2 Å². The Kier molecular flexibility index (Phi) is 6.49. The Hall–Kier alpha value is -2.11. The van der Waals surface area contributed by atoms with E-state index in [9.17, 15) is 0 Å². The van der Waals surface area contributed by atoms with E-state index in [0.717, 1.165) is 26.9 Å². The molecule has 3 aromatic rings. The molecule has 0 amide bonds. The second-order valence-corrected chi connectivity index (χ2v) is 14.3. The Morgan fingerprint density at radius 2 is 1.59 bits per heavy atom. The normalized spacial score (nSPS) is 11.9. The van der Waals surface area contributed by atoms with Crippen molar-refractivity contribution in [2.45, 2.75) is 45.5 Å². The number of pyridine rings is 1. The fourth-order valence-electron chi connectivity index (χ4n) is 2.58. The zero-order valence-electron chi connectivity index (χ0n) is 17.7. The summed E-state index contributed by atoms with van der Waals surface area (Å²) in [4.78, 5) is 4.49. The summed E-state index contributed by atoms with van der Waals surface area (Å²) in [5, 5.41) is 0.177. The Balaban J connectivity index is 1.70. The molecular weight excluding hydrogens is 442 g/mol. The number of halogens is 1. The Bertz CT molecular complexity index is 951. The summed E-state index contributed by atoms with van der Waals surface area (Å²) >= 11 is 3.59. The van der Waals surface area contributed by atoms with Gasteiger partial charge in [0.2, 0.25) is 14.2 Å². The molecule has 0 unspecified atom stereocenters. The lowest BCUT2D eigenvalue weighted by Gasteiger charge is -2.36. The molecule has 0 atom stereocenters. The van der Waals surface area contributed by atoms with Crippen LogP contribution in [-0.2, 0) is 6.61 Å². The van der Waals surface area contributed by atoms with Crippen molar-refractivity contribution in [1.29, 1.82) is 0 Å². The lowest BCUT2D eigenvalue weighted by molar-refractivity contribution is 0.292. The number of aromatic nitrogens is 1. The SMILES string of the molecule is CC(C)(C)[Si](C)(C)Oc1ccc(-c2cnc(OCc3ccccc3)c(Br)c2)cc1. The summed E-state index contributed by atoms with van der Waals surface area (Å²) in [5.41, 5.74) is 3.24. The van der Waals surface area contributed by atoms with Crippen LogP contribution in [0.15, 0.2) is 71.3 Å². The molecule has 0 saturated heterocycles. The molecule has 3 nitrogen and oxygen atoms in total. The molecule has 0 saturated carbocycles. The molecule has 0 N–H and O–H groups in total. The topological polar surface area (TPSA) is 31.4 Å². The van der Waals surface area contributed by atoms with Crippen LogP contribution in [0.5, 0.6) is 11.6 Å². The van der Waals surface area contributed by atoms with Crippen molar-refractivity contribution in [1.82, 2.24) is 4.98 Å². The highest BCUT2D eigenvalue weighted by Gasteiger charge is 2.38. The highest BCUT2D eigenvalue weighted by atomic mass is 79.9. The van der Waals surface area contributed by atoms with Crippen molar-refractivity contribution in [3.8, 4) is 22.8 Å². The maximum Gasteiger partial charge on any atom is 0.250 e. The molecule has 0 bridgehead atoms. The molecule has 0 radical (unpaired) electrons. The summed E-state index contributed by atoms with van der Waals surface area (Å²) in [6, 6.07) is 20.4. The van der Waals surface area contributed by atoms with Crippen LogP contribution in [0.2, 0.25) is 18.1 Å². The second-order valence-electron chi connectivity index (χ2n) is 8.67. The van der Waals surface area contributed by atoms with Gasteiger partial charge in [-0.25, -0.2) is 4.98 Å². The lowest BCUT2D eigenvalue weighted by Crippen LogP contribution is -2.43. The van der Waals surface area contributed by atoms with Crippen molar-refractivity contribution in [3.63, 3.8) is 0 Å². The highest BCUT2D eigenvalue weighted by molar-refractivity contribution is 9.10. The third kappa shape index (κ3) is 5.49. The Morgan fingerprint density at radius 1 is 0.931 bits per heavy atom. The summed E-state index contributed by atoms with van der Waals surface area (Å²) < 4.78 is 13.1. The molecule has 0 fully saturated rings. The van der Waals surface area contributed by atoms with Crippen LogP contribution < -0.4 is 9.16 Å². The molecule has 1 aromatic heterocycles. The summed E-state index contributed by atoms with van der Waals surface area (Å²) in [7, 11) is -1.83. The van der Waals surface area contributed by atoms with Crippen LogP contribution in [-0.4, -0.2) is 13.3 Å². The molecule has 0 spiro atoms.